The van der Waals surface area contributed by atoms with E-state index in [0.29, 0.717) is 18.8 Å². The molecule has 1 aromatic rings. The van der Waals surface area contributed by atoms with Crippen molar-refractivity contribution < 1.29 is 14.7 Å². The van der Waals surface area contributed by atoms with E-state index in [1.807, 2.05) is 5.41 Å². The van der Waals surface area contributed by atoms with Crippen LogP contribution in [0.2, 0.25) is 0 Å². The number of thioether (sulfide) groups is 1. The van der Waals surface area contributed by atoms with Crippen molar-refractivity contribution in [3.63, 3.8) is 0 Å². The number of rotatable bonds is 4. The van der Waals surface area contributed by atoms with E-state index >= 15 is 0 Å². The van der Waals surface area contributed by atoms with Crippen LogP contribution < -0.4 is 10.2 Å². The summed E-state index contributed by atoms with van der Waals surface area (Å²) in [5, 5.41) is 15.3. The van der Waals surface area contributed by atoms with Crippen molar-refractivity contribution in [2.75, 3.05) is 31.1 Å². The molecule has 0 saturated carbocycles. The van der Waals surface area contributed by atoms with Crippen LogP contribution in [0, 0.1) is 5.92 Å². The van der Waals surface area contributed by atoms with Gasteiger partial charge in [-0.25, -0.2) is 0 Å². The van der Waals surface area contributed by atoms with E-state index in [1.165, 1.54) is 12.1 Å². The number of carbonyl (C=O) groups excluding carboxylic acids is 2. The fourth-order valence-corrected chi connectivity index (χ4v) is 4.16. The number of aliphatic imine (C=N–C) groups is 1. The van der Waals surface area contributed by atoms with Crippen LogP contribution in [-0.2, 0) is 9.59 Å². The summed E-state index contributed by atoms with van der Waals surface area (Å²) < 4.78 is 0. The van der Waals surface area contributed by atoms with Gasteiger partial charge < -0.3 is 20.2 Å². The van der Waals surface area contributed by atoms with E-state index in [9.17, 15) is 14.7 Å². The van der Waals surface area contributed by atoms with Gasteiger partial charge in [0.15, 0.2) is 5.17 Å². The number of hydrogen-bond donors (Lipinski definition) is 2. The van der Waals surface area contributed by atoms with E-state index in [1.54, 1.807) is 28.8 Å². The number of benzene rings is 1. The zero-order valence-electron chi connectivity index (χ0n) is 13.5. The molecule has 2 amide bonds. The average Bonchev–Trinajstić information content (AvgIpc) is 3.29. The number of nitrogens with zero attached hydrogens (tertiary/aromatic N) is 3. The van der Waals surface area contributed by atoms with Gasteiger partial charge in [-0.3, -0.25) is 14.6 Å². The first-order chi connectivity index (χ1) is 12.1. The molecule has 25 heavy (non-hydrogen) atoms. The molecule has 1 saturated heterocycles. The predicted octanol–water partition coefficient (Wildman–Crippen LogP) is 1.12. The van der Waals surface area contributed by atoms with Gasteiger partial charge in [0, 0.05) is 36.3 Å². The lowest BCUT2D eigenvalue weighted by atomic mass is 10.1. The summed E-state index contributed by atoms with van der Waals surface area (Å²) in [6.07, 6.45) is 0.205. The van der Waals surface area contributed by atoms with Gasteiger partial charge in [-0.2, -0.15) is 0 Å². The van der Waals surface area contributed by atoms with Gasteiger partial charge in [-0.15, -0.1) is 0 Å². The number of amidine groups is 1. The molecule has 0 radical (unpaired) electrons. The van der Waals surface area contributed by atoms with Gasteiger partial charge in [0.05, 0.1) is 19.0 Å². The molecule has 2 N–H and O–H groups in total. The van der Waals surface area contributed by atoms with E-state index in [0.717, 1.165) is 24.0 Å². The summed E-state index contributed by atoms with van der Waals surface area (Å²) in [6.45, 7) is 2.47. The topological polar surface area (TPSA) is 85.2 Å². The molecule has 3 aliphatic heterocycles. The predicted molar refractivity (Wildman–Crippen MR) is 96.3 cm³/mol. The molecule has 1 aromatic carbocycles. The highest BCUT2D eigenvalue weighted by atomic mass is 32.2. The Morgan fingerprint density at radius 2 is 2.12 bits per heavy atom. The van der Waals surface area contributed by atoms with E-state index in [-0.39, 0.29) is 29.9 Å². The van der Waals surface area contributed by atoms with Gasteiger partial charge in [0.2, 0.25) is 11.8 Å². The number of fused-ring (bicyclic) bond motifs is 1. The first kappa shape index (κ1) is 16.0. The van der Waals surface area contributed by atoms with Crippen molar-refractivity contribution in [2.24, 2.45) is 10.9 Å². The van der Waals surface area contributed by atoms with Crippen molar-refractivity contribution in [1.82, 2.24) is 10.2 Å². The summed E-state index contributed by atoms with van der Waals surface area (Å²) in [5.74, 6) is -0.388. The summed E-state index contributed by atoms with van der Waals surface area (Å²) in [5.41, 5.74) is 1.75. The fraction of sp³-hybridized carbons (Fsp3) is 0.353. The molecule has 8 heteroatoms. The Morgan fingerprint density at radius 1 is 1.32 bits per heavy atom. The number of aromatic hydroxyl groups is 1. The average molecular weight is 358 g/mol. The van der Waals surface area contributed by atoms with Crippen molar-refractivity contribution in [2.45, 2.75) is 6.42 Å². The first-order valence-corrected chi connectivity index (χ1v) is 9.04. The second-order valence-corrected chi connectivity index (χ2v) is 7.02. The van der Waals surface area contributed by atoms with E-state index in [2.05, 4.69) is 15.2 Å². The number of anilines is 1. The number of phenolic OH excluding ortho intramolecular Hbond substituents is 1. The summed E-state index contributed by atoms with van der Waals surface area (Å²) in [7, 11) is 0. The smallest absolute Gasteiger partial charge is 0.227 e. The minimum Gasteiger partial charge on any atom is -0.508 e. The van der Waals surface area contributed by atoms with Crippen LogP contribution in [0.15, 0.2) is 40.4 Å². The number of hydrogen-bond acceptors (Lipinski definition) is 6. The summed E-state index contributed by atoms with van der Waals surface area (Å²) in [4.78, 5) is 32.8. The highest BCUT2D eigenvalue weighted by Gasteiger charge is 2.35. The minimum absolute atomic E-state index is 0.0737. The van der Waals surface area contributed by atoms with Crippen LogP contribution in [0.3, 0.4) is 0 Å². The zero-order valence-corrected chi connectivity index (χ0v) is 14.3. The van der Waals surface area contributed by atoms with Crippen molar-refractivity contribution in [3.8, 4) is 5.75 Å². The Hall–Kier alpha value is -2.48. The Labute approximate surface area is 149 Å². The molecule has 4 rings (SSSR count). The second-order valence-electron chi connectivity index (χ2n) is 6.18. The Balaban J connectivity index is 1.35. The molecular formula is C17H18N4O3S. The highest BCUT2D eigenvalue weighted by Crippen LogP contribution is 2.29. The SMILES string of the molecule is O=C(NCC1=CSC2=NCCN12)[C@@H]1CC(=O)N(c2ccc(O)cc2)C1. The van der Waals surface area contributed by atoms with E-state index in [4.69, 9.17) is 0 Å². The van der Waals surface area contributed by atoms with Crippen LogP contribution in [0.4, 0.5) is 5.69 Å². The maximum Gasteiger partial charge on any atom is 0.227 e. The molecule has 1 atom stereocenters. The maximum absolute atomic E-state index is 12.5. The molecule has 0 aromatic heterocycles. The molecule has 3 heterocycles. The standard InChI is InChI=1S/C17H18N4O3S/c22-14-3-1-12(2-4-14)21-9-11(7-15(21)23)16(24)19-8-13-10-25-17-18-5-6-20(13)17/h1-4,10-11,22H,5-9H2,(H,19,24)/t11-/m1/s1. The van der Waals surface area contributed by atoms with Crippen LogP contribution >= 0.6 is 11.8 Å². The molecule has 130 valence electrons. The Bertz CT molecular complexity index is 775. The third kappa shape index (κ3) is 3.09. The third-order valence-corrected chi connectivity index (χ3v) is 5.50. The normalized spacial score (nSPS) is 22.1. The molecule has 0 bridgehead atoms. The van der Waals surface area contributed by atoms with Crippen molar-refractivity contribution in [3.05, 3.63) is 35.4 Å². The number of carbonyl (C=O) groups is 2. The minimum atomic E-state index is -0.359. The number of amides is 2. The van der Waals surface area contributed by atoms with Gasteiger partial charge >= 0.3 is 0 Å². The van der Waals surface area contributed by atoms with Crippen LogP contribution in [0.1, 0.15) is 6.42 Å². The highest BCUT2D eigenvalue weighted by molar-refractivity contribution is 8.16. The largest absolute Gasteiger partial charge is 0.508 e. The molecule has 1 fully saturated rings. The lowest BCUT2D eigenvalue weighted by Crippen LogP contribution is -2.36. The summed E-state index contributed by atoms with van der Waals surface area (Å²) in [6, 6.07) is 6.44. The first-order valence-electron chi connectivity index (χ1n) is 8.16. The monoisotopic (exact) mass is 358 g/mol. The molecule has 7 nitrogen and oxygen atoms in total. The van der Waals surface area contributed by atoms with Gasteiger partial charge in [-0.05, 0) is 24.3 Å². The second kappa shape index (κ2) is 6.44. The molecule has 0 unspecified atom stereocenters. The molecule has 0 spiro atoms. The lowest BCUT2D eigenvalue weighted by molar-refractivity contribution is -0.126. The number of phenols is 1. The van der Waals surface area contributed by atoms with Gasteiger partial charge in [0.1, 0.15) is 5.75 Å². The Morgan fingerprint density at radius 3 is 2.92 bits per heavy atom. The number of nitrogens with one attached hydrogen (secondary N) is 1. The summed E-state index contributed by atoms with van der Waals surface area (Å²) >= 11 is 1.58. The quantitative estimate of drug-likeness (QED) is 0.843. The molecular weight excluding hydrogens is 340 g/mol. The third-order valence-electron chi connectivity index (χ3n) is 4.55. The van der Waals surface area contributed by atoms with Crippen LogP contribution in [-0.4, -0.2) is 53.2 Å². The fourth-order valence-electron chi connectivity index (χ4n) is 3.20. The Kier molecular flexibility index (Phi) is 4.12. The van der Waals surface area contributed by atoms with E-state index < -0.39 is 0 Å². The molecule has 3 aliphatic rings. The van der Waals surface area contributed by atoms with Crippen LogP contribution in [0.25, 0.3) is 0 Å². The maximum atomic E-state index is 12.5. The van der Waals surface area contributed by atoms with Gasteiger partial charge in [-0.1, -0.05) is 11.8 Å². The zero-order chi connectivity index (χ0) is 17.4. The van der Waals surface area contributed by atoms with Crippen LogP contribution in [0.5, 0.6) is 5.75 Å². The van der Waals surface area contributed by atoms with Gasteiger partial charge in [0.25, 0.3) is 0 Å². The molecule has 0 aliphatic carbocycles. The lowest BCUT2D eigenvalue weighted by Gasteiger charge is -2.19. The van der Waals surface area contributed by atoms with Crippen molar-refractivity contribution >= 4 is 34.4 Å². The van der Waals surface area contributed by atoms with Crippen molar-refractivity contribution in [1.29, 1.82) is 0 Å².